The van der Waals surface area contributed by atoms with E-state index in [1.165, 1.54) is 5.69 Å². The van der Waals surface area contributed by atoms with Gasteiger partial charge in [0.05, 0.1) is 18.4 Å². The molecule has 5 heteroatoms. The maximum Gasteiger partial charge on any atom is 0.119 e. The van der Waals surface area contributed by atoms with Crippen molar-refractivity contribution in [1.29, 1.82) is 5.26 Å². The number of halogens is 1. The van der Waals surface area contributed by atoms with Crippen LogP contribution in [0.15, 0.2) is 42.5 Å². The average molecular weight is 328 g/mol. The Hall–Kier alpha value is -2.38. The normalized spacial score (nSPS) is 14.5. The molecule has 0 amide bonds. The lowest BCUT2D eigenvalue weighted by molar-refractivity contribution is 0.415. The van der Waals surface area contributed by atoms with Gasteiger partial charge in [-0.25, -0.2) is 0 Å². The number of benzene rings is 2. The predicted octanol–water partition coefficient (Wildman–Crippen LogP) is 3.55. The lowest BCUT2D eigenvalue weighted by Gasteiger charge is -2.37. The summed E-state index contributed by atoms with van der Waals surface area (Å²) in [7, 11) is 1.67. The molecule has 1 aliphatic heterocycles. The van der Waals surface area contributed by atoms with E-state index in [9.17, 15) is 5.26 Å². The quantitative estimate of drug-likeness (QED) is 0.864. The van der Waals surface area contributed by atoms with Gasteiger partial charge in [0.1, 0.15) is 11.8 Å². The first kappa shape index (κ1) is 15.5. The van der Waals surface area contributed by atoms with Crippen LogP contribution >= 0.6 is 11.6 Å². The Morgan fingerprint density at radius 2 is 1.65 bits per heavy atom. The highest BCUT2D eigenvalue weighted by molar-refractivity contribution is 6.30. The Balaban J connectivity index is 1.71. The van der Waals surface area contributed by atoms with E-state index < -0.39 is 0 Å². The molecule has 1 fully saturated rings. The average Bonchev–Trinajstić information content (AvgIpc) is 2.62. The van der Waals surface area contributed by atoms with Gasteiger partial charge in [-0.1, -0.05) is 11.6 Å². The molecule has 23 heavy (non-hydrogen) atoms. The maximum atomic E-state index is 9.28. The number of ether oxygens (including phenoxy) is 1. The van der Waals surface area contributed by atoms with Gasteiger partial charge in [0, 0.05) is 36.9 Å². The Morgan fingerprint density at radius 1 is 1.00 bits per heavy atom. The summed E-state index contributed by atoms with van der Waals surface area (Å²) in [5.41, 5.74) is 2.79. The molecule has 2 aromatic carbocycles. The second-order valence-corrected chi connectivity index (χ2v) is 5.88. The molecule has 0 spiro atoms. The molecule has 118 valence electrons. The second-order valence-electron chi connectivity index (χ2n) is 5.45. The van der Waals surface area contributed by atoms with Gasteiger partial charge < -0.3 is 14.5 Å². The summed E-state index contributed by atoms with van der Waals surface area (Å²) in [4.78, 5) is 4.57. The molecule has 0 bridgehead atoms. The van der Waals surface area contributed by atoms with Crippen LogP contribution in [-0.2, 0) is 0 Å². The van der Waals surface area contributed by atoms with E-state index in [2.05, 4.69) is 28.0 Å². The van der Waals surface area contributed by atoms with Gasteiger partial charge in [0.25, 0.3) is 0 Å². The topological polar surface area (TPSA) is 39.5 Å². The Labute approximate surface area is 141 Å². The SMILES string of the molecule is COc1ccc(N2CCN(c3cc(Cl)ccc3C#N)CC2)cc1. The Kier molecular flexibility index (Phi) is 4.59. The van der Waals surface area contributed by atoms with Gasteiger partial charge in [-0.3, -0.25) is 0 Å². The smallest absolute Gasteiger partial charge is 0.119 e. The summed E-state index contributed by atoms with van der Waals surface area (Å²) in [6.45, 7) is 3.54. The van der Waals surface area contributed by atoms with Crippen molar-refractivity contribution in [3.63, 3.8) is 0 Å². The van der Waals surface area contributed by atoms with Crippen LogP contribution in [0.3, 0.4) is 0 Å². The fourth-order valence-electron chi connectivity index (χ4n) is 2.86. The molecule has 0 aliphatic carbocycles. The third-order valence-corrected chi connectivity index (χ3v) is 4.37. The Bertz CT molecular complexity index is 716. The van der Waals surface area contributed by atoms with E-state index in [-0.39, 0.29) is 0 Å². The highest BCUT2D eigenvalue weighted by Gasteiger charge is 2.19. The largest absolute Gasteiger partial charge is 0.497 e. The fourth-order valence-corrected chi connectivity index (χ4v) is 3.03. The molecule has 0 radical (unpaired) electrons. The van der Waals surface area contributed by atoms with Gasteiger partial charge in [0.15, 0.2) is 0 Å². The number of nitrogens with zero attached hydrogens (tertiary/aromatic N) is 3. The van der Waals surface area contributed by atoms with Gasteiger partial charge in [-0.15, -0.1) is 0 Å². The summed E-state index contributed by atoms with van der Waals surface area (Å²) in [5.74, 6) is 0.866. The first-order valence-electron chi connectivity index (χ1n) is 7.55. The van der Waals surface area contributed by atoms with Crippen molar-refractivity contribution in [1.82, 2.24) is 0 Å². The summed E-state index contributed by atoms with van der Waals surface area (Å²) in [6.07, 6.45) is 0. The molecule has 3 rings (SSSR count). The minimum absolute atomic E-state index is 0.664. The zero-order valence-corrected chi connectivity index (χ0v) is 13.8. The summed E-state index contributed by atoms with van der Waals surface area (Å²) in [5, 5.41) is 9.94. The molecule has 2 aromatic rings. The van der Waals surface area contributed by atoms with E-state index in [1.807, 2.05) is 18.2 Å². The van der Waals surface area contributed by atoms with Crippen molar-refractivity contribution in [3.05, 3.63) is 53.1 Å². The number of hydrogen-bond donors (Lipinski definition) is 0. The van der Waals surface area contributed by atoms with Crippen molar-refractivity contribution < 1.29 is 4.74 Å². The fraction of sp³-hybridized carbons (Fsp3) is 0.278. The lowest BCUT2D eigenvalue weighted by atomic mass is 10.1. The van der Waals surface area contributed by atoms with Crippen LogP contribution in [0, 0.1) is 11.3 Å². The molecular weight excluding hydrogens is 310 g/mol. The molecule has 1 aliphatic rings. The Morgan fingerprint density at radius 3 is 2.26 bits per heavy atom. The molecular formula is C18H18ClN3O. The van der Waals surface area contributed by atoms with E-state index >= 15 is 0 Å². The van der Waals surface area contributed by atoms with Crippen LogP contribution in [-0.4, -0.2) is 33.3 Å². The van der Waals surface area contributed by atoms with E-state index in [0.29, 0.717) is 10.6 Å². The van der Waals surface area contributed by atoms with E-state index in [4.69, 9.17) is 16.3 Å². The van der Waals surface area contributed by atoms with Crippen LogP contribution in [0.1, 0.15) is 5.56 Å². The minimum Gasteiger partial charge on any atom is -0.497 e. The standard InChI is InChI=1S/C18H18ClN3O/c1-23-17-6-4-16(5-7-17)21-8-10-22(11-9-21)18-12-15(19)3-2-14(18)13-20/h2-7,12H,8-11H2,1H3. The molecule has 0 unspecified atom stereocenters. The first-order valence-corrected chi connectivity index (χ1v) is 7.92. The molecule has 0 N–H and O–H groups in total. The monoisotopic (exact) mass is 327 g/mol. The van der Waals surface area contributed by atoms with Crippen LogP contribution in [0.5, 0.6) is 5.75 Å². The van der Waals surface area contributed by atoms with Crippen molar-refractivity contribution in [2.24, 2.45) is 0 Å². The second kappa shape index (κ2) is 6.80. The van der Waals surface area contributed by atoms with Gasteiger partial charge >= 0.3 is 0 Å². The number of hydrogen-bond acceptors (Lipinski definition) is 4. The third-order valence-electron chi connectivity index (χ3n) is 4.14. The molecule has 0 aromatic heterocycles. The molecule has 0 atom stereocenters. The molecule has 0 saturated carbocycles. The number of rotatable bonds is 3. The first-order chi connectivity index (χ1) is 11.2. The number of methoxy groups -OCH3 is 1. The van der Waals surface area contributed by atoms with Gasteiger partial charge in [0.2, 0.25) is 0 Å². The molecule has 1 heterocycles. The van der Waals surface area contributed by atoms with Crippen molar-refractivity contribution >= 4 is 23.0 Å². The van der Waals surface area contributed by atoms with Crippen LogP contribution in [0.25, 0.3) is 0 Å². The summed E-state index contributed by atoms with van der Waals surface area (Å²) in [6, 6.07) is 15.8. The number of nitriles is 1. The number of piperazine rings is 1. The van der Waals surface area contributed by atoms with E-state index in [0.717, 1.165) is 37.6 Å². The van der Waals surface area contributed by atoms with Crippen LogP contribution in [0.2, 0.25) is 5.02 Å². The third kappa shape index (κ3) is 3.35. The minimum atomic E-state index is 0.664. The molecule has 1 saturated heterocycles. The lowest BCUT2D eigenvalue weighted by Crippen LogP contribution is -2.46. The van der Waals surface area contributed by atoms with Gasteiger partial charge in [-0.05, 0) is 42.5 Å². The van der Waals surface area contributed by atoms with Crippen LogP contribution in [0.4, 0.5) is 11.4 Å². The van der Waals surface area contributed by atoms with E-state index in [1.54, 1.807) is 19.2 Å². The van der Waals surface area contributed by atoms with Crippen LogP contribution < -0.4 is 14.5 Å². The van der Waals surface area contributed by atoms with Crippen molar-refractivity contribution in [2.75, 3.05) is 43.1 Å². The highest BCUT2D eigenvalue weighted by Crippen LogP contribution is 2.27. The summed E-state index contributed by atoms with van der Waals surface area (Å²) < 4.78 is 5.20. The van der Waals surface area contributed by atoms with Gasteiger partial charge in [-0.2, -0.15) is 5.26 Å². The number of anilines is 2. The van der Waals surface area contributed by atoms with Crippen molar-refractivity contribution in [3.8, 4) is 11.8 Å². The predicted molar refractivity (Wildman–Crippen MR) is 93.6 cm³/mol. The maximum absolute atomic E-state index is 9.28. The highest BCUT2D eigenvalue weighted by atomic mass is 35.5. The summed E-state index contributed by atoms with van der Waals surface area (Å²) >= 11 is 6.09. The molecule has 4 nitrogen and oxygen atoms in total. The zero-order valence-electron chi connectivity index (χ0n) is 13.0. The zero-order chi connectivity index (χ0) is 16.2. The van der Waals surface area contributed by atoms with Crippen molar-refractivity contribution in [2.45, 2.75) is 0 Å².